The molecule has 1 amide bonds. The van der Waals surface area contributed by atoms with Crippen LogP contribution in [0.5, 0.6) is 0 Å². The molecule has 0 bridgehead atoms. The number of benzene rings is 2. The van der Waals surface area contributed by atoms with Gasteiger partial charge in [0, 0.05) is 29.6 Å². The smallest absolute Gasteiger partial charge is 0.410 e. The number of hydrogen-bond donors (Lipinski definition) is 1. The molecule has 1 N–H and O–H groups in total. The van der Waals surface area contributed by atoms with Crippen LogP contribution in [0.3, 0.4) is 0 Å². The van der Waals surface area contributed by atoms with Gasteiger partial charge in [0.1, 0.15) is 23.1 Å². The third-order valence-corrected chi connectivity index (χ3v) is 7.15. The van der Waals surface area contributed by atoms with E-state index in [0.29, 0.717) is 6.07 Å². The maximum Gasteiger partial charge on any atom is 0.410 e. The highest BCUT2D eigenvalue weighted by Gasteiger charge is 2.61. The molecule has 35 heavy (non-hydrogen) atoms. The van der Waals surface area contributed by atoms with Crippen LogP contribution in [-0.4, -0.2) is 49.9 Å². The Balaban J connectivity index is 1.72. The largest absolute Gasteiger partial charge is 0.444 e. The van der Waals surface area contributed by atoms with Crippen molar-refractivity contribution in [2.24, 2.45) is 5.41 Å². The van der Waals surface area contributed by atoms with Crippen LogP contribution in [0.4, 0.5) is 18.0 Å². The zero-order valence-corrected chi connectivity index (χ0v) is 20.9. The fourth-order valence-electron chi connectivity index (χ4n) is 4.85. The lowest BCUT2D eigenvalue weighted by atomic mass is 9.91. The second kappa shape index (κ2) is 8.81. The number of amides is 1. The Bertz CT molecular complexity index is 1240. The SMILES string of the molecule is CC(C)(C)OC(=O)N1CC2(CC2)C(NS(C)(=O)=O)C1Cc1cccc(-c2cc(F)cc(F)c2)c1F. The van der Waals surface area contributed by atoms with Gasteiger partial charge in [-0.3, -0.25) is 0 Å². The molecule has 1 aliphatic heterocycles. The summed E-state index contributed by atoms with van der Waals surface area (Å²) in [6.07, 6.45) is 1.89. The number of rotatable bonds is 5. The predicted octanol–water partition coefficient (Wildman–Crippen LogP) is 4.63. The van der Waals surface area contributed by atoms with Gasteiger partial charge in [-0.05, 0) is 63.3 Å². The second-order valence-corrected chi connectivity index (χ2v) is 12.3. The quantitative estimate of drug-likeness (QED) is 0.637. The van der Waals surface area contributed by atoms with Gasteiger partial charge in [0.2, 0.25) is 10.0 Å². The van der Waals surface area contributed by atoms with Crippen molar-refractivity contribution in [1.29, 1.82) is 0 Å². The maximum atomic E-state index is 15.6. The molecule has 2 fully saturated rings. The first-order valence-corrected chi connectivity index (χ1v) is 13.3. The molecule has 2 atom stereocenters. The summed E-state index contributed by atoms with van der Waals surface area (Å²) in [5.41, 5.74) is -0.959. The Morgan fingerprint density at radius 2 is 1.77 bits per heavy atom. The molecule has 2 aromatic carbocycles. The molecule has 1 saturated carbocycles. The maximum absolute atomic E-state index is 15.6. The summed E-state index contributed by atoms with van der Waals surface area (Å²) < 4.78 is 75.8. The lowest BCUT2D eigenvalue weighted by Crippen LogP contribution is -2.50. The van der Waals surface area contributed by atoms with Gasteiger partial charge in [-0.15, -0.1) is 0 Å². The van der Waals surface area contributed by atoms with Gasteiger partial charge >= 0.3 is 6.09 Å². The zero-order valence-electron chi connectivity index (χ0n) is 20.1. The van der Waals surface area contributed by atoms with Gasteiger partial charge in [0.25, 0.3) is 0 Å². The summed E-state index contributed by atoms with van der Waals surface area (Å²) in [6, 6.07) is 5.96. The van der Waals surface area contributed by atoms with Crippen molar-refractivity contribution in [2.45, 2.75) is 57.7 Å². The molecule has 1 heterocycles. The molecule has 2 aromatic rings. The Morgan fingerprint density at radius 1 is 1.14 bits per heavy atom. The second-order valence-electron chi connectivity index (χ2n) is 10.5. The van der Waals surface area contributed by atoms with E-state index in [2.05, 4.69) is 4.72 Å². The van der Waals surface area contributed by atoms with E-state index in [0.717, 1.165) is 31.2 Å². The summed E-state index contributed by atoms with van der Waals surface area (Å²) in [4.78, 5) is 14.6. The molecule has 1 aliphatic carbocycles. The molecule has 2 unspecified atom stereocenters. The van der Waals surface area contributed by atoms with E-state index >= 15 is 4.39 Å². The van der Waals surface area contributed by atoms with Crippen LogP contribution >= 0.6 is 0 Å². The van der Waals surface area contributed by atoms with Gasteiger partial charge < -0.3 is 9.64 Å². The minimum absolute atomic E-state index is 0.00828. The predicted molar refractivity (Wildman–Crippen MR) is 126 cm³/mol. The number of carbonyl (C=O) groups is 1. The molecule has 4 rings (SSSR count). The van der Waals surface area contributed by atoms with E-state index < -0.39 is 56.7 Å². The van der Waals surface area contributed by atoms with Crippen molar-refractivity contribution in [3.05, 3.63) is 59.4 Å². The number of ether oxygens (including phenoxy) is 1. The monoisotopic (exact) mass is 510 g/mol. The molecule has 10 heteroatoms. The highest BCUT2D eigenvalue weighted by molar-refractivity contribution is 7.88. The Kier molecular flexibility index (Phi) is 6.42. The Labute approximate surface area is 203 Å². The van der Waals surface area contributed by atoms with Gasteiger partial charge in [0.15, 0.2) is 0 Å². The number of carbonyl (C=O) groups excluding carboxylic acids is 1. The summed E-state index contributed by atoms with van der Waals surface area (Å²) in [6.45, 7) is 5.49. The van der Waals surface area contributed by atoms with Crippen molar-refractivity contribution in [3.8, 4) is 11.1 Å². The van der Waals surface area contributed by atoms with Gasteiger partial charge in [-0.25, -0.2) is 31.1 Å². The Hall–Kier alpha value is -2.59. The van der Waals surface area contributed by atoms with Gasteiger partial charge in [-0.1, -0.05) is 18.2 Å². The first-order chi connectivity index (χ1) is 16.2. The van der Waals surface area contributed by atoms with Crippen LogP contribution in [0.25, 0.3) is 11.1 Å². The van der Waals surface area contributed by atoms with Crippen LogP contribution in [-0.2, 0) is 21.2 Å². The Morgan fingerprint density at radius 3 is 2.31 bits per heavy atom. The van der Waals surface area contributed by atoms with Gasteiger partial charge in [0.05, 0.1) is 12.3 Å². The van der Waals surface area contributed by atoms with Crippen LogP contribution < -0.4 is 4.72 Å². The van der Waals surface area contributed by atoms with Crippen molar-refractivity contribution < 1.29 is 31.1 Å². The van der Waals surface area contributed by atoms with E-state index in [1.54, 1.807) is 26.8 Å². The van der Waals surface area contributed by atoms with E-state index in [4.69, 9.17) is 4.74 Å². The summed E-state index contributed by atoms with van der Waals surface area (Å²) in [7, 11) is -3.62. The lowest BCUT2D eigenvalue weighted by Gasteiger charge is -2.31. The highest BCUT2D eigenvalue weighted by Crippen LogP contribution is 2.55. The van der Waals surface area contributed by atoms with Crippen molar-refractivity contribution in [3.63, 3.8) is 0 Å². The molecule has 190 valence electrons. The zero-order chi connectivity index (χ0) is 25.8. The minimum Gasteiger partial charge on any atom is -0.444 e. The number of nitrogens with zero attached hydrogens (tertiary/aromatic N) is 1. The standard InChI is InChI=1S/C25H29F3N2O4S/c1-24(2,3)34-23(31)30-14-25(8-9-25)22(29-35(4,32)33)20(30)12-15-6-5-7-19(21(15)28)16-10-17(26)13-18(27)11-16/h5-7,10-11,13,20,22,29H,8-9,12,14H2,1-4H3. The van der Waals surface area contributed by atoms with E-state index in [1.807, 2.05) is 0 Å². The first kappa shape index (κ1) is 25.5. The van der Waals surface area contributed by atoms with Crippen LogP contribution in [0.15, 0.2) is 36.4 Å². The third kappa shape index (κ3) is 5.64. The fraction of sp³-hybridized carbons (Fsp3) is 0.480. The summed E-state index contributed by atoms with van der Waals surface area (Å²) in [5, 5.41) is 0. The highest BCUT2D eigenvalue weighted by atomic mass is 32.2. The van der Waals surface area contributed by atoms with E-state index in [-0.39, 0.29) is 29.7 Å². The van der Waals surface area contributed by atoms with E-state index in [9.17, 15) is 22.0 Å². The van der Waals surface area contributed by atoms with E-state index in [1.165, 1.54) is 17.0 Å². The molecule has 0 radical (unpaired) electrons. The summed E-state index contributed by atoms with van der Waals surface area (Å²) in [5.74, 6) is -2.34. The van der Waals surface area contributed by atoms with Crippen LogP contribution in [0.2, 0.25) is 0 Å². The number of halogens is 3. The van der Waals surface area contributed by atoms with Crippen LogP contribution in [0.1, 0.15) is 39.2 Å². The van der Waals surface area contributed by atoms with Crippen molar-refractivity contribution in [1.82, 2.24) is 9.62 Å². The number of nitrogens with one attached hydrogen (secondary N) is 1. The summed E-state index contributed by atoms with van der Waals surface area (Å²) >= 11 is 0. The van der Waals surface area contributed by atoms with Gasteiger partial charge in [-0.2, -0.15) is 0 Å². The molecule has 6 nitrogen and oxygen atoms in total. The molecule has 1 spiro atoms. The fourth-order valence-corrected chi connectivity index (χ4v) is 5.72. The minimum atomic E-state index is -3.62. The molecule has 1 saturated heterocycles. The average molecular weight is 511 g/mol. The van der Waals surface area contributed by atoms with Crippen molar-refractivity contribution in [2.75, 3.05) is 12.8 Å². The number of sulfonamides is 1. The van der Waals surface area contributed by atoms with Crippen molar-refractivity contribution >= 4 is 16.1 Å². The topological polar surface area (TPSA) is 75.7 Å². The average Bonchev–Trinajstić information content (AvgIpc) is 3.42. The van der Waals surface area contributed by atoms with Crippen LogP contribution in [0, 0.1) is 22.9 Å². The molecule has 2 aliphatic rings. The molecular weight excluding hydrogens is 481 g/mol. The first-order valence-electron chi connectivity index (χ1n) is 11.4. The number of likely N-dealkylation sites (tertiary alicyclic amines) is 1. The number of hydrogen-bond acceptors (Lipinski definition) is 4. The molecular formula is C25H29F3N2O4S. The third-order valence-electron chi connectivity index (χ3n) is 6.47. The molecule has 0 aromatic heterocycles. The normalized spacial score (nSPS) is 21.4. The lowest BCUT2D eigenvalue weighted by molar-refractivity contribution is 0.0213.